The van der Waals surface area contributed by atoms with Crippen molar-refractivity contribution >= 4 is 17.5 Å². The lowest BCUT2D eigenvalue weighted by Crippen LogP contribution is -2.45. The van der Waals surface area contributed by atoms with Crippen LogP contribution in [0.1, 0.15) is 70.6 Å². The molecular formula is C18H30O2S. The summed E-state index contributed by atoms with van der Waals surface area (Å²) in [5.41, 5.74) is 0.0610. The van der Waals surface area contributed by atoms with Gasteiger partial charge in [0.05, 0.1) is 5.60 Å². The summed E-state index contributed by atoms with van der Waals surface area (Å²) in [6.07, 6.45) is 13.2. The second kappa shape index (κ2) is 7.50. The van der Waals surface area contributed by atoms with Crippen LogP contribution in [0.15, 0.2) is 0 Å². The molecule has 21 heavy (non-hydrogen) atoms. The van der Waals surface area contributed by atoms with Crippen LogP contribution in [0.2, 0.25) is 0 Å². The molecule has 3 heteroatoms. The minimum atomic E-state index is 0.0610. The van der Waals surface area contributed by atoms with Crippen molar-refractivity contribution in [3.05, 3.63) is 0 Å². The van der Waals surface area contributed by atoms with Crippen molar-refractivity contribution in [1.29, 1.82) is 0 Å². The molecule has 0 aromatic heterocycles. The monoisotopic (exact) mass is 310 g/mol. The predicted molar refractivity (Wildman–Crippen MR) is 88.8 cm³/mol. The van der Waals surface area contributed by atoms with Gasteiger partial charge in [-0.05, 0) is 50.0 Å². The first-order valence-electron chi connectivity index (χ1n) is 9.05. The minimum Gasteiger partial charge on any atom is -0.375 e. The second-order valence-corrected chi connectivity index (χ2v) is 8.50. The van der Waals surface area contributed by atoms with Gasteiger partial charge in [0, 0.05) is 18.4 Å². The molecule has 0 aromatic rings. The van der Waals surface area contributed by atoms with Gasteiger partial charge >= 0.3 is 0 Å². The molecule has 1 aliphatic carbocycles. The molecule has 0 bridgehead atoms. The zero-order chi connectivity index (χ0) is 14.5. The molecule has 0 N–H and O–H groups in total. The molecule has 1 atom stereocenters. The van der Waals surface area contributed by atoms with Crippen molar-refractivity contribution in [3.63, 3.8) is 0 Å². The number of rotatable bonds is 2. The van der Waals surface area contributed by atoms with Crippen LogP contribution in [0, 0.1) is 11.8 Å². The number of hydrogen-bond donors (Lipinski definition) is 0. The van der Waals surface area contributed by atoms with Gasteiger partial charge in [-0.3, -0.25) is 4.79 Å². The van der Waals surface area contributed by atoms with Crippen molar-refractivity contribution in [2.75, 3.05) is 18.1 Å². The van der Waals surface area contributed by atoms with E-state index < -0.39 is 0 Å². The van der Waals surface area contributed by atoms with Crippen molar-refractivity contribution < 1.29 is 9.53 Å². The molecule has 2 aliphatic heterocycles. The number of hydrogen-bond acceptors (Lipinski definition) is 3. The standard InChI is InChI=1S/C18H30O2S/c19-17(15-6-4-2-1-3-5-7-15)16-8-11-20-18(14-16)9-12-21-13-10-18/h15-16H,1-14H2. The molecule has 120 valence electrons. The topological polar surface area (TPSA) is 26.3 Å². The molecule has 3 aliphatic rings. The lowest BCUT2D eigenvalue weighted by Gasteiger charge is -2.43. The molecule has 1 unspecified atom stereocenters. The van der Waals surface area contributed by atoms with Gasteiger partial charge in [0.1, 0.15) is 5.78 Å². The van der Waals surface area contributed by atoms with Crippen molar-refractivity contribution in [2.45, 2.75) is 76.2 Å². The summed E-state index contributed by atoms with van der Waals surface area (Å²) < 4.78 is 6.15. The summed E-state index contributed by atoms with van der Waals surface area (Å²) in [6.45, 7) is 0.813. The Kier molecular flexibility index (Phi) is 5.66. The SMILES string of the molecule is O=C(C1CCCCCCC1)C1CCOC2(CCSCC2)C1. The van der Waals surface area contributed by atoms with Gasteiger partial charge in [-0.2, -0.15) is 11.8 Å². The van der Waals surface area contributed by atoms with E-state index in [2.05, 4.69) is 0 Å². The van der Waals surface area contributed by atoms with Gasteiger partial charge in [0.15, 0.2) is 0 Å². The largest absolute Gasteiger partial charge is 0.375 e. The van der Waals surface area contributed by atoms with Crippen LogP contribution in [0.4, 0.5) is 0 Å². The second-order valence-electron chi connectivity index (χ2n) is 7.28. The molecule has 0 aromatic carbocycles. The van der Waals surface area contributed by atoms with Gasteiger partial charge in [-0.25, -0.2) is 0 Å². The van der Waals surface area contributed by atoms with Crippen LogP contribution in [0.3, 0.4) is 0 Å². The highest BCUT2D eigenvalue weighted by Crippen LogP contribution is 2.41. The third-order valence-corrected chi connectivity index (χ3v) is 6.79. The maximum absolute atomic E-state index is 13.0. The first-order valence-corrected chi connectivity index (χ1v) is 10.2. The van der Waals surface area contributed by atoms with E-state index in [0.717, 1.165) is 45.1 Å². The van der Waals surface area contributed by atoms with E-state index in [1.807, 2.05) is 11.8 Å². The Hall–Kier alpha value is -0.0200. The molecular weight excluding hydrogens is 280 g/mol. The van der Waals surface area contributed by atoms with E-state index in [9.17, 15) is 4.79 Å². The highest BCUT2D eigenvalue weighted by Gasteiger charge is 2.42. The van der Waals surface area contributed by atoms with Crippen molar-refractivity contribution in [1.82, 2.24) is 0 Å². The van der Waals surface area contributed by atoms with Crippen LogP contribution in [-0.2, 0) is 9.53 Å². The van der Waals surface area contributed by atoms with Crippen LogP contribution in [-0.4, -0.2) is 29.5 Å². The molecule has 0 amide bonds. The number of carbonyl (C=O) groups is 1. The van der Waals surface area contributed by atoms with Gasteiger partial charge in [-0.15, -0.1) is 0 Å². The lowest BCUT2D eigenvalue weighted by atomic mass is 9.75. The van der Waals surface area contributed by atoms with Gasteiger partial charge < -0.3 is 4.74 Å². The number of ether oxygens (including phenoxy) is 1. The molecule has 2 saturated heterocycles. The summed E-state index contributed by atoms with van der Waals surface area (Å²) in [4.78, 5) is 13.0. The van der Waals surface area contributed by atoms with Crippen LogP contribution in [0.25, 0.3) is 0 Å². The van der Waals surface area contributed by atoms with Gasteiger partial charge in [0.25, 0.3) is 0 Å². The normalized spacial score (nSPS) is 31.5. The Morgan fingerprint density at radius 3 is 2.29 bits per heavy atom. The molecule has 3 rings (SSSR count). The van der Waals surface area contributed by atoms with Crippen LogP contribution < -0.4 is 0 Å². The maximum atomic E-state index is 13.0. The van der Waals surface area contributed by atoms with Crippen LogP contribution >= 0.6 is 11.8 Å². The lowest BCUT2D eigenvalue weighted by molar-refractivity contribution is -0.142. The van der Waals surface area contributed by atoms with Gasteiger partial charge in [0.2, 0.25) is 0 Å². The van der Waals surface area contributed by atoms with E-state index in [0.29, 0.717) is 17.6 Å². The first kappa shape index (κ1) is 15.9. The Bertz CT molecular complexity index is 336. The average molecular weight is 311 g/mol. The van der Waals surface area contributed by atoms with E-state index >= 15 is 0 Å². The first-order chi connectivity index (χ1) is 10.3. The molecule has 1 saturated carbocycles. The van der Waals surface area contributed by atoms with E-state index in [-0.39, 0.29) is 5.60 Å². The molecule has 1 spiro atoms. The fourth-order valence-corrected chi connectivity index (χ4v) is 5.67. The van der Waals surface area contributed by atoms with Crippen LogP contribution in [0.5, 0.6) is 0 Å². The highest BCUT2D eigenvalue weighted by atomic mass is 32.2. The van der Waals surface area contributed by atoms with Crippen molar-refractivity contribution in [2.24, 2.45) is 11.8 Å². The maximum Gasteiger partial charge on any atom is 0.139 e. The summed E-state index contributed by atoms with van der Waals surface area (Å²) >= 11 is 2.04. The number of carbonyl (C=O) groups excluding carboxylic acids is 1. The zero-order valence-electron chi connectivity index (χ0n) is 13.3. The number of ketones is 1. The quantitative estimate of drug-likeness (QED) is 0.745. The van der Waals surface area contributed by atoms with E-state index in [1.54, 1.807) is 0 Å². The Balaban J connectivity index is 1.60. The van der Waals surface area contributed by atoms with Crippen molar-refractivity contribution in [3.8, 4) is 0 Å². The van der Waals surface area contributed by atoms with E-state index in [4.69, 9.17) is 4.74 Å². The molecule has 2 heterocycles. The summed E-state index contributed by atoms with van der Waals surface area (Å²) in [5.74, 6) is 3.68. The Labute approximate surface area is 133 Å². The zero-order valence-corrected chi connectivity index (χ0v) is 14.1. The number of Topliss-reactive ketones (excluding diaryl/α,β-unsaturated/α-hetero) is 1. The smallest absolute Gasteiger partial charge is 0.139 e. The molecule has 3 fully saturated rings. The summed E-state index contributed by atoms with van der Waals surface area (Å²) in [6, 6.07) is 0. The highest BCUT2D eigenvalue weighted by molar-refractivity contribution is 7.99. The third kappa shape index (κ3) is 4.04. The third-order valence-electron chi connectivity index (χ3n) is 5.81. The average Bonchev–Trinajstić information content (AvgIpc) is 2.47. The predicted octanol–water partition coefficient (Wildman–Crippen LogP) is 4.61. The summed E-state index contributed by atoms with van der Waals surface area (Å²) in [7, 11) is 0. The fraction of sp³-hybridized carbons (Fsp3) is 0.944. The van der Waals surface area contributed by atoms with Gasteiger partial charge in [-0.1, -0.05) is 32.1 Å². The Morgan fingerprint density at radius 2 is 1.57 bits per heavy atom. The summed E-state index contributed by atoms with van der Waals surface area (Å²) in [5, 5.41) is 0. The van der Waals surface area contributed by atoms with E-state index in [1.165, 1.54) is 43.6 Å². The molecule has 2 nitrogen and oxygen atoms in total. The number of thioether (sulfide) groups is 1. The molecule has 0 radical (unpaired) electrons. The fourth-order valence-electron chi connectivity index (χ4n) is 4.44. The minimum absolute atomic E-state index is 0.0610. The Morgan fingerprint density at radius 1 is 0.905 bits per heavy atom.